The van der Waals surface area contributed by atoms with Crippen LogP contribution in [0.4, 0.5) is 5.69 Å². The molecule has 5 heteroatoms. The summed E-state index contributed by atoms with van der Waals surface area (Å²) in [6.07, 6.45) is 1.72. The van der Waals surface area contributed by atoms with Crippen molar-refractivity contribution in [2.75, 3.05) is 12.4 Å². The zero-order valence-electron chi connectivity index (χ0n) is 10.4. The first-order valence-electron chi connectivity index (χ1n) is 5.71. The SMILES string of the molecule is COC(=O)C1(Sc2ccc(NC(C)=O)cc2)CC1. The van der Waals surface area contributed by atoms with Crippen LogP contribution in [0.25, 0.3) is 0 Å². The third-order valence-corrected chi connectivity index (χ3v) is 4.22. The number of thioether (sulfide) groups is 1. The van der Waals surface area contributed by atoms with Gasteiger partial charge >= 0.3 is 5.97 Å². The molecule has 0 saturated heterocycles. The number of benzene rings is 1. The lowest BCUT2D eigenvalue weighted by molar-refractivity contribution is -0.140. The molecule has 0 unspecified atom stereocenters. The summed E-state index contributed by atoms with van der Waals surface area (Å²) in [5.41, 5.74) is 0.759. The molecule has 1 aliphatic carbocycles. The summed E-state index contributed by atoms with van der Waals surface area (Å²) in [6, 6.07) is 7.46. The van der Waals surface area contributed by atoms with Crippen molar-refractivity contribution in [1.82, 2.24) is 0 Å². The first-order valence-corrected chi connectivity index (χ1v) is 6.52. The summed E-state index contributed by atoms with van der Waals surface area (Å²) in [5.74, 6) is -0.248. The van der Waals surface area contributed by atoms with Gasteiger partial charge in [0.15, 0.2) is 0 Å². The van der Waals surface area contributed by atoms with Gasteiger partial charge in [-0.1, -0.05) is 0 Å². The predicted octanol–water partition coefficient (Wildman–Crippen LogP) is 2.44. The molecule has 0 spiro atoms. The van der Waals surface area contributed by atoms with Crippen LogP contribution < -0.4 is 5.32 Å². The third kappa shape index (κ3) is 2.85. The van der Waals surface area contributed by atoms with Crippen LogP contribution in [-0.4, -0.2) is 23.7 Å². The van der Waals surface area contributed by atoms with E-state index in [1.807, 2.05) is 24.3 Å². The van der Waals surface area contributed by atoms with E-state index in [1.165, 1.54) is 25.8 Å². The van der Waals surface area contributed by atoms with Gasteiger partial charge in [0.1, 0.15) is 4.75 Å². The Balaban J connectivity index is 2.03. The number of nitrogens with one attached hydrogen (secondary N) is 1. The molecule has 4 nitrogen and oxygen atoms in total. The molecule has 1 aromatic carbocycles. The highest BCUT2D eigenvalue weighted by Gasteiger charge is 2.52. The number of anilines is 1. The van der Waals surface area contributed by atoms with Gasteiger partial charge in [0.05, 0.1) is 7.11 Å². The smallest absolute Gasteiger partial charge is 0.322 e. The number of hydrogen-bond acceptors (Lipinski definition) is 4. The lowest BCUT2D eigenvalue weighted by atomic mass is 10.3. The highest BCUT2D eigenvalue weighted by atomic mass is 32.2. The summed E-state index contributed by atoms with van der Waals surface area (Å²) in [7, 11) is 1.42. The molecule has 1 fully saturated rings. The van der Waals surface area contributed by atoms with E-state index in [1.54, 1.807) is 0 Å². The number of hydrogen-bond donors (Lipinski definition) is 1. The van der Waals surface area contributed by atoms with E-state index in [0.717, 1.165) is 23.4 Å². The summed E-state index contributed by atoms with van der Waals surface area (Å²) in [5, 5.41) is 2.70. The van der Waals surface area contributed by atoms with Crippen molar-refractivity contribution in [3.8, 4) is 0 Å². The van der Waals surface area contributed by atoms with E-state index in [-0.39, 0.29) is 16.6 Å². The molecule has 0 radical (unpaired) electrons. The summed E-state index contributed by atoms with van der Waals surface area (Å²) < 4.78 is 4.42. The van der Waals surface area contributed by atoms with Crippen LogP contribution in [0.5, 0.6) is 0 Å². The van der Waals surface area contributed by atoms with Gasteiger partial charge in [-0.15, -0.1) is 11.8 Å². The average Bonchev–Trinajstić information content (AvgIpc) is 3.11. The second-order valence-electron chi connectivity index (χ2n) is 4.29. The topological polar surface area (TPSA) is 55.4 Å². The number of amides is 1. The lowest BCUT2D eigenvalue weighted by Gasteiger charge is -2.12. The Morgan fingerprint density at radius 3 is 2.33 bits per heavy atom. The first-order chi connectivity index (χ1) is 8.55. The van der Waals surface area contributed by atoms with E-state index in [4.69, 9.17) is 4.74 Å². The monoisotopic (exact) mass is 265 g/mol. The highest BCUT2D eigenvalue weighted by molar-refractivity contribution is 8.01. The molecule has 0 heterocycles. The second-order valence-corrected chi connectivity index (χ2v) is 5.75. The van der Waals surface area contributed by atoms with Crippen molar-refractivity contribution in [3.63, 3.8) is 0 Å². The average molecular weight is 265 g/mol. The molecule has 0 aromatic heterocycles. The Bertz CT molecular complexity index is 466. The van der Waals surface area contributed by atoms with Crippen molar-refractivity contribution in [1.29, 1.82) is 0 Å². The number of methoxy groups -OCH3 is 1. The zero-order chi connectivity index (χ0) is 13.2. The molecule has 0 bridgehead atoms. The molecule has 2 rings (SSSR count). The van der Waals surface area contributed by atoms with Crippen LogP contribution in [0.1, 0.15) is 19.8 Å². The fraction of sp³-hybridized carbons (Fsp3) is 0.385. The maximum Gasteiger partial charge on any atom is 0.322 e. The minimum atomic E-state index is -0.385. The molecule has 18 heavy (non-hydrogen) atoms. The van der Waals surface area contributed by atoms with Gasteiger partial charge in [-0.05, 0) is 37.1 Å². The number of esters is 1. The normalized spacial score (nSPS) is 15.9. The maximum atomic E-state index is 11.6. The van der Waals surface area contributed by atoms with Gasteiger partial charge in [-0.2, -0.15) is 0 Å². The number of carbonyl (C=O) groups is 2. The Morgan fingerprint density at radius 2 is 1.89 bits per heavy atom. The first kappa shape index (κ1) is 13.0. The standard InChI is InChI=1S/C13H15NO3S/c1-9(15)14-10-3-5-11(6-4-10)18-13(7-8-13)12(16)17-2/h3-6H,7-8H2,1-2H3,(H,14,15). The lowest BCUT2D eigenvalue weighted by Crippen LogP contribution is -2.19. The van der Waals surface area contributed by atoms with E-state index in [9.17, 15) is 9.59 Å². The highest BCUT2D eigenvalue weighted by Crippen LogP contribution is 2.52. The molecule has 1 amide bonds. The van der Waals surface area contributed by atoms with Gasteiger partial charge < -0.3 is 10.1 Å². The molecule has 1 N–H and O–H groups in total. The quantitative estimate of drug-likeness (QED) is 0.850. The van der Waals surface area contributed by atoms with Crippen molar-refractivity contribution < 1.29 is 14.3 Å². The van der Waals surface area contributed by atoms with E-state index in [0.29, 0.717) is 0 Å². The third-order valence-electron chi connectivity index (χ3n) is 2.75. The van der Waals surface area contributed by atoms with Crippen molar-refractivity contribution >= 4 is 29.3 Å². The van der Waals surface area contributed by atoms with Crippen molar-refractivity contribution in [3.05, 3.63) is 24.3 Å². The maximum absolute atomic E-state index is 11.6. The molecular formula is C13H15NO3S. The number of carbonyl (C=O) groups excluding carboxylic acids is 2. The largest absolute Gasteiger partial charge is 0.468 e. The zero-order valence-corrected chi connectivity index (χ0v) is 11.2. The van der Waals surface area contributed by atoms with E-state index < -0.39 is 0 Å². The van der Waals surface area contributed by atoms with E-state index >= 15 is 0 Å². The van der Waals surface area contributed by atoms with Crippen LogP contribution >= 0.6 is 11.8 Å². The summed E-state index contributed by atoms with van der Waals surface area (Å²) in [4.78, 5) is 23.5. The molecule has 0 aliphatic heterocycles. The predicted molar refractivity (Wildman–Crippen MR) is 70.6 cm³/mol. The fourth-order valence-corrected chi connectivity index (χ4v) is 2.88. The Hall–Kier alpha value is -1.49. The molecule has 96 valence electrons. The Kier molecular flexibility index (Phi) is 3.61. The molecule has 1 aromatic rings. The van der Waals surface area contributed by atoms with Gasteiger partial charge in [0, 0.05) is 17.5 Å². The molecular weight excluding hydrogens is 250 g/mol. The number of rotatable bonds is 4. The van der Waals surface area contributed by atoms with Gasteiger partial charge in [-0.3, -0.25) is 9.59 Å². The molecule has 1 aliphatic rings. The van der Waals surface area contributed by atoms with Gasteiger partial charge in [-0.25, -0.2) is 0 Å². The summed E-state index contributed by atoms with van der Waals surface area (Å²) >= 11 is 1.53. The van der Waals surface area contributed by atoms with Crippen molar-refractivity contribution in [2.24, 2.45) is 0 Å². The Labute approximate surface area is 110 Å². The van der Waals surface area contributed by atoms with Crippen LogP contribution in [0.2, 0.25) is 0 Å². The van der Waals surface area contributed by atoms with Crippen LogP contribution in [-0.2, 0) is 14.3 Å². The second kappa shape index (κ2) is 5.02. The Morgan fingerprint density at radius 1 is 1.28 bits per heavy atom. The summed E-state index contributed by atoms with van der Waals surface area (Å²) in [6.45, 7) is 1.47. The number of ether oxygens (including phenoxy) is 1. The van der Waals surface area contributed by atoms with Gasteiger partial charge in [0.2, 0.25) is 5.91 Å². The molecule has 1 saturated carbocycles. The van der Waals surface area contributed by atoms with Gasteiger partial charge in [0.25, 0.3) is 0 Å². The van der Waals surface area contributed by atoms with Crippen LogP contribution in [0.3, 0.4) is 0 Å². The van der Waals surface area contributed by atoms with Crippen molar-refractivity contribution in [2.45, 2.75) is 29.4 Å². The molecule has 0 atom stereocenters. The van der Waals surface area contributed by atoms with Crippen LogP contribution in [0.15, 0.2) is 29.2 Å². The fourth-order valence-electron chi connectivity index (χ4n) is 1.68. The minimum absolute atomic E-state index is 0.0939. The minimum Gasteiger partial charge on any atom is -0.468 e. The van der Waals surface area contributed by atoms with E-state index in [2.05, 4.69) is 5.32 Å². The van der Waals surface area contributed by atoms with Crippen LogP contribution in [0, 0.1) is 0 Å².